The van der Waals surface area contributed by atoms with E-state index in [1.807, 2.05) is 18.9 Å². The molecule has 4 N–H and O–H groups in total. The number of carbonyl (C=O) groups is 1. The van der Waals surface area contributed by atoms with Crippen LogP contribution in [0.15, 0.2) is 24.3 Å². The maximum absolute atomic E-state index is 10.3. The molecule has 0 aromatic heterocycles. The molecule has 0 aliphatic heterocycles. The molecule has 21 heavy (non-hydrogen) atoms. The van der Waals surface area contributed by atoms with Crippen LogP contribution in [0.2, 0.25) is 0 Å². The first kappa shape index (κ1) is 20.1. The summed E-state index contributed by atoms with van der Waals surface area (Å²) in [5.74, 6) is 10.7. The van der Waals surface area contributed by atoms with Crippen molar-refractivity contribution >= 4 is 12.0 Å². The minimum Gasteiger partial charge on any atom is -0.461 e. The van der Waals surface area contributed by atoms with Gasteiger partial charge in [0.1, 0.15) is 6.11 Å². The summed E-state index contributed by atoms with van der Waals surface area (Å²) in [4.78, 5) is 19.4. The van der Waals surface area contributed by atoms with Gasteiger partial charge in [-0.25, -0.2) is 0 Å². The molecule has 0 heterocycles. The lowest BCUT2D eigenvalue weighted by Crippen LogP contribution is -1.88. The average molecular weight is 286 g/mol. The van der Waals surface area contributed by atoms with Crippen molar-refractivity contribution in [3.8, 4) is 35.7 Å². The third-order valence-corrected chi connectivity index (χ3v) is 1.90. The zero-order chi connectivity index (χ0) is 15.2. The molecule has 6 nitrogen and oxygen atoms in total. The Labute approximate surface area is 122 Å². The zero-order valence-corrected chi connectivity index (χ0v) is 11.4. The fraction of sp³-hybridized carbons (Fsp3) is 0.133. The van der Waals surface area contributed by atoms with E-state index < -0.39 is 0 Å². The highest BCUT2D eigenvalue weighted by Gasteiger charge is 2.03. The molecule has 6 heteroatoms. The van der Waals surface area contributed by atoms with E-state index in [0.717, 1.165) is 12.0 Å². The van der Waals surface area contributed by atoms with Crippen molar-refractivity contribution in [3.05, 3.63) is 39.9 Å². The van der Waals surface area contributed by atoms with Crippen molar-refractivity contribution in [1.29, 1.82) is 0 Å². The highest BCUT2D eigenvalue weighted by Crippen LogP contribution is 2.12. The molecule has 0 amide bonds. The fourth-order valence-corrected chi connectivity index (χ4v) is 1.05. The van der Waals surface area contributed by atoms with Crippen LogP contribution < -0.4 is 6.15 Å². The number of nitrogens with zero attached hydrogens (tertiary/aromatic N) is 1. The number of hydrogen-bond donors (Lipinski definition) is 2. The Balaban J connectivity index is 0. The standard InChI is InChI=1S/C8H9NO2.C7H2O2.H3N/c1-2-7-4-3-5-8(6-7)9(10)11;8-6-4-2-1-3-5-7-9;/h3-6H,2H2,1H3;6,9H;1H3. The highest BCUT2D eigenvalue weighted by molar-refractivity contribution is 5.73. The normalized spacial score (nSPS) is 6.71. The SMILES string of the molecule is CCc1cccc([N+](=O)[O-])c1.N.O=CC#CC#CC#CO. The van der Waals surface area contributed by atoms with Crippen molar-refractivity contribution in [3.63, 3.8) is 0 Å². The van der Waals surface area contributed by atoms with Crippen LogP contribution >= 0.6 is 0 Å². The minimum absolute atomic E-state index is 0. The second-order valence-corrected chi connectivity index (χ2v) is 3.15. The molecule has 0 radical (unpaired) electrons. The Bertz CT molecular complexity index is 649. The third kappa shape index (κ3) is 10.3. The van der Waals surface area contributed by atoms with Crippen LogP contribution in [0.1, 0.15) is 12.5 Å². The van der Waals surface area contributed by atoms with Gasteiger partial charge in [0.05, 0.1) is 4.92 Å². The summed E-state index contributed by atoms with van der Waals surface area (Å²) < 4.78 is 0. The summed E-state index contributed by atoms with van der Waals surface area (Å²) in [6, 6.07) is 6.68. The van der Waals surface area contributed by atoms with Gasteiger partial charge in [0.25, 0.3) is 5.69 Å². The summed E-state index contributed by atoms with van der Waals surface area (Å²) in [6.07, 6.45) is 2.83. The van der Waals surface area contributed by atoms with E-state index in [9.17, 15) is 14.9 Å². The quantitative estimate of drug-likeness (QED) is 0.372. The van der Waals surface area contributed by atoms with E-state index in [1.165, 1.54) is 6.07 Å². The number of aldehydes is 1. The molecule has 1 rings (SSSR count). The number of hydrogen-bond acceptors (Lipinski definition) is 5. The second-order valence-electron chi connectivity index (χ2n) is 3.15. The topological polar surface area (TPSA) is 115 Å². The van der Waals surface area contributed by atoms with Crippen LogP contribution in [0.25, 0.3) is 0 Å². The lowest BCUT2D eigenvalue weighted by Gasteiger charge is -1.94. The number of nitro groups is 1. The van der Waals surface area contributed by atoms with Gasteiger partial charge in [-0.05, 0) is 29.7 Å². The predicted octanol–water partition coefficient (Wildman–Crippen LogP) is 1.84. The lowest BCUT2D eigenvalue weighted by molar-refractivity contribution is -0.384. The molecule has 1 aromatic carbocycles. The number of nitro benzene ring substituents is 1. The van der Waals surface area contributed by atoms with Crippen LogP contribution in [0.4, 0.5) is 5.69 Å². The summed E-state index contributed by atoms with van der Waals surface area (Å²) in [5, 5.41) is 18.1. The molecule has 0 saturated carbocycles. The van der Waals surface area contributed by atoms with Crippen LogP contribution in [0, 0.1) is 45.8 Å². The van der Waals surface area contributed by atoms with E-state index in [0.29, 0.717) is 6.29 Å². The van der Waals surface area contributed by atoms with Crippen LogP contribution in [-0.2, 0) is 11.2 Å². The number of non-ortho nitro benzene ring substituents is 1. The van der Waals surface area contributed by atoms with E-state index in [1.54, 1.807) is 18.2 Å². The van der Waals surface area contributed by atoms with Crippen LogP contribution in [0.5, 0.6) is 0 Å². The fourth-order valence-electron chi connectivity index (χ4n) is 1.05. The van der Waals surface area contributed by atoms with Gasteiger partial charge < -0.3 is 11.3 Å². The van der Waals surface area contributed by atoms with Crippen LogP contribution in [0.3, 0.4) is 0 Å². The summed E-state index contributed by atoms with van der Waals surface area (Å²) >= 11 is 0. The maximum atomic E-state index is 10.3. The van der Waals surface area contributed by atoms with Gasteiger partial charge in [0.15, 0.2) is 6.29 Å². The van der Waals surface area contributed by atoms with Crippen molar-refractivity contribution in [1.82, 2.24) is 6.15 Å². The zero-order valence-electron chi connectivity index (χ0n) is 11.4. The third-order valence-electron chi connectivity index (χ3n) is 1.90. The predicted molar refractivity (Wildman–Crippen MR) is 78.8 cm³/mol. The van der Waals surface area contributed by atoms with E-state index in [4.69, 9.17) is 5.11 Å². The molecule has 1 aromatic rings. The summed E-state index contributed by atoms with van der Waals surface area (Å²) in [5.41, 5.74) is 1.17. The minimum atomic E-state index is -0.376. The first-order valence-electron chi connectivity index (χ1n) is 5.47. The molecule has 0 fully saturated rings. The number of aliphatic hydroxyl groups excluding tert-OH is 1. The van der Waals surface area contributed by atoms with Crippen molar-refractivity contribution in [2.75, 3.05) is 0 Å². The average Bonchev–Trinajstić information content (AvgIpc) is 2.48. The van der Waals surface area contributed by atoms with Gasteiger partial charge in [-0.1, -0.05) is 19.1 Å². The van der Waals surface area contributed by atoms with Gasteiger partial charge in [-0.15, -0.1) is 0 Å². The number of benzene rings is 1. The maximum Gasteiger partial charge on any atom is 0.269 e. The Morgan fingerprint density at radius 2 is 1.95 bits per heavy atom. The molecule has 0 unspecified atom stereocenters. The molecule has 0 atom stereocenters. The lowest BCUT2D eigenvalue weighted by atomic mass is 10.1. The molecular weight excluding hydrogens is 272 g/mol. The molecule has 0 bridgehead atoms. The molecular formula is C15H14N2O4. The van der Waals surface area contributed by atoms with Crippen molar-refractivity contribution in [2.24, 2.45) is 0 Å². The summed E-state index contributed by atoms with van der Waals surface area (Å²) in [7, 11) is 0. The van der Waals surface area contributed by atoms with Crippen molar-refractivity contribution in [2.45, 2.75) is 13.3 Å². The van der Waals surface area contributed by atoms with E-state index in [-0.39, 0.29) is 16.8 Å². The summed E-state index contributed by atoms with van der Waals surface area (Å²) in [6.45, 7) is 1.97. The number of carbonyl (C=O) groups excluding carboxylic acids is 1. The molecule has 0 aliphatic rings. The second kappa shape index (κ2) is 13.2. The first-order chi connectivity index (χ1) is 9.65. The molecule has 0 saturated heterocycles. The van der Waals surface area contributed by atoms with Gasteiger partial charge in [-0.3, -0.25) is 14.9 Å². The van der Waals surface area contributed by atoms with E-state index >= 15 is 0 Å². The Morgan fingerprint density at radius 3 is 2.48 bits per heavy atom. The molecule has 0 aliphatic carbocycles. The van der Waals surface area contributed by atoms with Crippen molar-refractivity contribution < 1.29 is 14.8 Å². The van der Waals surface area contributed by atoms with Gasteiger partial charge in [0.2, 0.25) is 0 Å². The monoisotopic (exact) mass is 286 g/mol. The van der Waals surface area contributed by atoms with E-state index in [2.05, 4.69) is 23.7 Å². The van der Waals surface area contributed by atoms with Gasteiger partial charge in [0, 0.05) is 24.0 Å². The van der Waals surface area contributed by atoms with Gasteiger partial charge >= 0.3 is 0 Å². The molecule has 108 valence electrons. The first-order valence-corrected chi connectivity index (χ1v) is 5.47. The number of aliphatic hydroxyl groups is 1. The highest BCUT2D eigenvalue weighted by atomic mass is 16.6. The number of aryl methyl sites for hydroxylation is 1. The number of rotatable bonds is 2. The largest absolute Gasteiger partial charge is 0.461 e. The smallest absolute Gasteiger partial charge is 0.269 e. The van der Waals surface area contributed by atoms with Crippen LogP contribution in [-0.4, -0.2) is 16.3 Å². The Morgan fingerprint density at radius 1 is 1.29 bits per heavy atom. The molecule has 0 spiro atoms. The Hall–Kier alpha value is -3.27. The Kier molecular flexibility index (Phi) is 12.6. The van der Waals surface area contributed by atoms with Gasteiger partial charge in [-0.2, -0.15) is 0 Å².